The Kier molecular flexibility index (Phi) is 3.20. The summed E-state index contributed by atoms with van der Waals surface area (Å²) in [6.07, 6.45) is 1.64. The molecule has 0 saturated carbocycles. The van der Waals surface area contributed by atoms with Gasteiger partial charge >= 0.3 is 0 Å². The number of H-pyrrole nitrogens is 1. The summed E-state index contributed by atoms with van der Waals surface area (Å²) in [6, 6.07) is 7.34. The van der Waals surface area contributed by atoms with E-state index >= 15 is 0 Å². The molecule has 1 heterocycles. The molecule has 0 unspecified atom stereocenters. The number of nitrogens with zero attached hydrogens (tertiary/aromatic N) is 1. The fraction of sp³-hybridized carbons (Fsp3) is 0.200. The zero-order valence-corrected chi connectivity index (χ0v) is 7.74. The molecule has 0 bridgehead atoms. The van der Waals surface area contributed by atoms with Crippen LogP contribution in [0.2, 0.25) is 0 Å². The molecule has 0 saturated heterocycles. The topological polar surface area (TPSA) is 45.8 Å². The molecule has 0 radical (unpaired) electrons. The van der Waals surface area contributed by atoms with E-state index in [1.54, 1.807) is 12.3 Å². The number of aromatic nitrogens is 2. The molecule has 0 fully saturated rings. The van der Waals surface area contributed by atoms with E-state index in [-0.39, 0.29) is 5.56 Å². The van der Waals surface area contributed by atoms with Crippen LogP contribution in [-0.2, 0) is 0 Å². The molecule has 1 aromatic heterocycles. The maximum absolute atomic E-state index is 11.1. The van der Waals surface area contributed by atoms with Crippen LogP contribution < -0.4 is 5.56 Å². The molecule has 0 aliphatic rings. The predicted octanol–water partition coefficient (Wildman–Crippen LogP) is 1.95. The average Bonchev–Trinajstić information content (AvgIpc) is 2.22. The molecule has 0 amide bonds. The van der Waals surface area contributed by atoms with E-state index in [4.69, 9.17) is 0 Å². The van der Waals surface area contributed by atoms with Crippen LogP contribution in [0.1, 0.15) is 13.8 Å². The highest BCUT2D eigenvalue weighted by Crippen LogP contribution is 2.04. The zero-order valence-electron chi connectivity index (χ0n) is 7.74. The van der Waals surface area contributed by atoms with Crippen molar-refractivity contribution in [2.24, 2.45) is 0 Å². The lowest BCUT2D eigenvalue weighted by Gasteiger charge is -1.91. The van der Waals surface area contributed by atoms with Crippen LogP contribution >= 0.6 is 0 Å². The number of fused-ring (bicyclic) bond motifs is 1. The Labute approximate surface area is 76.4 Å². The maximum atomic E-state index is 11.1. The third-order valence-electron chi connectivity index (χ3n) is 1.58. The quantitative estimate of drug-likeness (QED) is 0.666. The van der Waals surface area contributed by atoms with Crippen LogP contribution in [0.5, 0.6) is 0 Å². The Bertz CT molecular complexity index is 429. The largest absolute Gasteiger partial charge is 0.272 e. The van der Waals surface area contributed by atoms with Gasteiger partial charge in [-0.25, -0.2) is 5.10 Å². The summed E-state index contributed by atoms with van der Waals surface area (Å²) >= 11 is 0. The molecule has 2 rings (SSSR count). The number of nitrogens with one attached hydrogen (secondary N) is 1. The molecule has 0 aliphatic carbocycles. The Morgan fingerprint density at radius 3 is 2.62 bits per heavy atom. The Morgan fingerprint density at radius 1 is 1.23 bits per heavy atom. The first kappa shape index (κ1) is 9.45. The highest BCUT2D eigenvalue weighted by Gasteiger charge is 1.93. The number of hydrogen-bond donors (Lipinski definition) is 1. The van der Waals surface area contributed by atoms with Crippen LogP contribution in [-0.4, -0.2) is 10.2 Å². The lowest BCUT2D eigenvalue weighted by atomic mass is 10.2. The molecular weight excluding hydrogens is 164 g/mol. The molecule has 0 spiro atoms. The fourth-order valence-corrected chi connectivity index (χ4v) is 1.04. The maximum Gasteiger partial charge on any atom is 0.272 e. The highest BCUT2D eigenvalue weighted by molar-refractivity contribution is 5.80. The van der Waals surface area contributed by atoms with Crippen molar-refractivity contribution in [3.8, 4) is 0 Å². The van der Waals surface area contributed by atoms with Crippen molar-refractivity contribution in [1.82, 2.24) is 10.2 Å². The summed E-state index contributed by atoms with van der Waals surface area (Å²) in [4.78, 5) is 11.1. The van der Waals surface area contributed by atoms with Gasteiger partial charge in [-0.1, -0.05) is 32.0 Å². The minimum atomic E-state index is -0.136. The van der Waals surface area contributed by atoms with Gasteiger partial charge in [-0.05, 0) is 6.07 Å². The molecule has 0 atom stereocenters. The minimum Gasteiger partial charge on any atom is -0.267 e. The van der Waals surface area contributed by atoms with Crippen LogP contribution in [0.25, 0.3) is 10.8 Å². The summed E-state index contributed by atoms with van der Waals surface area (Å²) in [6.45, 7) is 4.00. The summed E-state index contributed by atoms with van der Waals surface area (Å²) in [7, 11) is 0. The van der Waals surface area contributed by atoms with Crippen molar-refractivity contribution < 1.29 is 0 Å². The van der Waals surface area contributed by atoms with E-state index in [2.05, 4.69) is 10.2 Å². The smallest absolute Gasteiger partial charge is 0.267 e. The Balaban J connectivity index is 0.000000396. The van der Waals surface area contributed by atoms with Crippen molar-refractivity contribution in [2.45, 2.75) is 13.8 Å². The van der Waals surface area contributed by atoms with Crippen molar-refractivity contribution in [3.63, 3.8) is 0 Å². The van der Waals surface area contributed by atoms with E-state index in [9.17, 15) is 4.79 Å². The number of hydrogen-bond acceptors (Lipinski definition) is 2. The van der Waals surface area contributed by atoms with Crippen molar-refractivity contribution in [2.75, 3.05) is 0 Å². The molecule has 1 aromatic carbocycles. The third kappa shape index (κ3) is 1.93. The van der Waals surface area contributed by atoms with Gasteiger partial charge in [0.15, 0.2) is 0 Å². The van der Waals surface area contributed by atoms with Gasteiger partial charge in [-0.3, -0.25) is 4.79 Å². The van der Waals surface area contributed by atoms with Gasteiger partial charge in [0.1, 0.15) is 0 Å². The van der Waals surface area contributed by atoms with Crippen LogP contribution in [0.15, 0.2) is 35.3 Å². The van der Waals surface area contributed by atoms with Crippen molar-refractivity contribution in [3.05, 3.63) is 40.8 Å². The van der Waals surface area contributed by atoms with Crippen molar-refractivity contribution >= 4 is 10.8 Å². The Morgan fingerprint density at radius 2 is 1.92 bits per heavy atom. The standard InChI is InChI=1S/C8H6N2O.C2H6/c11-8-7-4-2-1-3-6(7)5-9-10-8;1-2/h1-5H,(H,10,11);1-2H3. The normalized spacial score (nSPS) is 9.08. The lowest BCUT2D eigenvalue weighted by molar-refractivity contribution is 1.01. The van der Waals surface area contributed by atoms with Crippen LogP contribution in [0.4, 0.5) is 0 Å². The first-order valence-electron chi connectivity index (χ1n) is 4.30. The molecule has 3 heteroatoms. The van der Waals surface area contributed by atoms with Gasteiger partial charge in [0.05, 0.1) is 6.20 Å². The van der Waals surface area contributed by atoms with E-state index in [1.165, 1.54) is 0 Å². The van der Waals surface area contributed by atoms with Gasteiger partial charge in [0.2, 0.25) is 0 Å². The summed E-state index contributed by atoms with van der Waals surface area (Å²) in [5.74, 6) is 0. The lowest BCUT2D eigenvalue weighted by Crippen LogP contribution is -2.06. The van der Waals surface area contributed by atoms with Gasteiger partial charge < -0.3 is 0 Å². The molecule has 13 heavy (non-hydrogen) atoms. The first-order valence-corrected chi connectivity index (χ1v) is 4.30. The van der Waals surface area contributed by atoms with Gasteiger partial charge in [0, 0.05) is 10.8 Å². The molecular formula is C10H12N2O. The molecule has 1 N–H and O–H groups in total. The van der Waals surface area contributed by atoms with E-state index in [0.29, 0.717) is 5.39 Å². The summed E-state index contributed by atoms with van der Waals surface area (Å²) < 4.78 is 0. The fourth-order valence-electron chi connectivity index (χ4n) is 1.04. The highest BCUT2D eigenvalue weighted by atomic mass is 16.1. The molecule has 68 valence electrons. The van der Waals surface area contributed by atoms with Crippen LogP contribution in [0, 0.1) is 0 Å². The SMILES string of the molecule is CC.O=c1[nH]ncc2ccccc12. The van der Waals surface area contributed by atoms with Crippen molar-refractivity contribution in [1.29, 1.82) is 0 Å². The van der Waals surface area contributed by atoms with Gasteiger partial charge in [-0.2, -0.15) is 5.10 Å². The van der Waals surface area contributed by atoms with E-state index < -0.39 is 0 Å². The number of rotatable bonds is 0. The number of benzene rings is 1. The number of aromatic amines is 1. The second-order valence-electron chi connectivity index (χ2n) is 2.29. The van der Waals surface area contributed by atoms with E-state index in [1.807, 2.05) is 32.0 Å². The van der Waals surface area contributed by atoms with Crippen LogP contribution in [0.3, 0.4) is 0 Å². The second kappa shape index (κ2) is 4.40. The van der Waals surface area contributed by atoms with E-state index in [0.717, 1.165) is 5.39 Å². The Hall–Kier alpha value is -1.64. The zero-order chi connectivity index (χ0) is 9.68. The van der Waals surface area contributed by atoms with Gasteiger partial charge in [0.25, 0.3) is 5.56 Å². The first-order chi connectivity index (χ1) is 6.38. The predicted molar refractivity (Wildman–Crippen MR) is 53.7 cm³/mol. The minimum absolute atomic E-state index is 0.136. The van der Waals surface area contributed by atoms with Gasteiger partial charge in [-0.15, -0.1) is 0 Å². The second-order valence-corrected chi connectivity index (χ2v) is 2.29. The molecule has 3 nitrogen and oxygen atoms in total. The average molecular weight is 176 g/mol. The third-order valence-corrected chi connectivity index (χ3v) is 1.58. The monoisotopic (exact) mass is 176 g/mol. The molecule has 0 aliphatic heterocycles. The summed E-state index contributed by atoms with van der Waals surface area (Å²) in [5.41, 5.74) is -0.136. The molecule has 2 aromatic rings. The summed E-state index contributed by atoms with van der Waals surface area (Å²) in [5, 5.41) is 7.60.